The molecule has 2 rings (SSSR count). The predicted octanol–water partition coefficient (Wildman–Crippen LogP) is 3.60. The number of halogens is 1. The number of benzene rings is 1. The molecule has 0 bridgehead atoms. The van der Waals surface area contributed by atoms with Crippen LogP contribution in [-0.4, -0.2) is 54.0 Å². The summed E-state index contributed by atoms with van der Waals surface area (Å²) in [5, 5.41) is 1.60. The second-order valence-electron chi connectivity index (χ2n) is 5.58. The van der Waals surface area contributed by atoms with Gasteiger partial charge in [-0.25, -0.2) is 0 Å². The van der Waals surface area contributed by atoms with E-state index in [0.717, 1.165) is 16.8 Å². The summed E-state index contributed by atoms with van der Waals surface area (Å²) >= 11 is 7.89. The molecule has 112 valence electrons. The van der Waals surface area contributed by atoms with Gasteiger partial charge in [0.1, 0.15) is 0 Å². The molecular weight excluding hydrogens is 288 g/mol. The SMILES string of the molecule is CS[C@H](C)CCN1CCN(Cc2ccc(Cl)cc2)CC1. The summed E-state index contributed by atoms with van der Waals surface area (Å²) in [6.45, 7) is 9.38. The van der Waals surface area contributed by atoms with Crippen molar-refractivity contribution in [2.45, 2.75) is 25.1 Å². The third-order valence-electron chi connectivity index (χ3n) is 4.04. The fraction of sp³-hybridized carbons (Fsp3) is 0.625. The highest BCUT2D eigenvalue weighted by atomic mass is 35.5. The second kappa shape index (κ2) is 8.28. The molecule has 1 aliphatic heterocycles. The maximum absolute atomic E-state index is 5.92. The van der Waals surface area contributed by atoms with Gasteiger partial charge in [-0.3, -0.25) is 4.90 Å². The second-order valence-corrected chi connectivity index (χ2v) is 7.29. The first-order valence-electron chi connectivity index (χ1n) is 7.39. The van der Waals surface area contributed by atoms with Gasteiger partial charge in [0.25, 0.3) is 0 Å². The molecule has 1 aromatic carbocycles. The van der Waals surface area contributed by atoms with Crippen LogP contribution in [0.15, 0.2) is 24.3 Å². The number of hydrogen-bond acceptors (Lipinski definition) is 3. The zero-order valence-corrected chi connectivity index (χ0v) is 14.1. The van der Waals surface area contributed by atoms with E-state index in [1.165, 1.54) is 44.7 Å². The van der Waals surface area contributed by atoms with Gasteiger partial charge in [0.2, 0.25) is 0 Å². The van der Waals surface area contributed by atoms with Crippen LogP contribution in [-0.2, 0) is 6.54 Å². The largest absolute Gasteiger partial charge is 0.301 e. The molecule has 0 radical (unpaired) electrons. The van der Waals surface area contributed by atoms with Crippen molar-refractivity contribution in [2.75, 3.05) is 39.0 Å². The van der Waals surface area contributed by atoms with Crippen molar-refractivity contribution in [3.05, 3.63) is 34.9 Å². The lowest BCUT2D eigenvalue weighted by molar-refractivity contribution is 0.126. The van der Waals surface area contributed by atoms with E-state index in [2.05, 4.69) is 35.1 Å². The van der Waals surface area contributed by atoms with Crippen molar-refractivity contribution in [2.24, 2.45) is 0 Å². The van der Waals surface area contributed by atoms with Gasteiger partial charge >= 0.3 is 0 Å². The van der Waals surface area contributed by atoms with Crippen LogP contribution in [0, 0.1) is 0 Å². The molecule has 0 spiro atoms. The summed E-state index contributed by atoms with van der Waals surface area (Å²) in [6.07, 6.45) is 3.51. The Morgan fingerprint density at radius 2 is 1.70 bits per heavy atom. The van der Waals surface area contributed by atoms with Crippen LogP contribution in [0.1, 0.15) is 18.9 Å². The maximum atomic E-state index is 5.92. The molecule has 1 aliphatic rings. The van der Waals surface area contributed by atoms with Crippen molar-refractivity contribution in [1.29, 1.82) is 0 Å². The third-order valence-corrected chi connectivity index (χ3v) is 5.33. The number of hydrogen-bond donors (Lipinski definition) is 0. The molecule has 0 aliphatic carbocycles. The molecule has 0 unspecified atom stereocenters. The molecule has 0 amide bonds. The van der Waals surface area contributed by atoms with Crippen molar-refractivity contribution in [3.8, 4) is 0 Å². The molecule has 0 saturated carbocycles. The van der Waals surface area contributed by atoms with Crippen molar-refractivity contribution in [1.82, 2.24) is 9.80 Å². The summed E-state index contributed by atoms with van der Waals surface area (Å²) in [7, 11) is 0. The summed E-state index contributed by atoms with van der Waals surface area (Å²) in [5.74, 6) is 0. The molecule has 2 nitrogen and oxygen atoms in total. The monoisotopic (exact) mass is 312 g/mol. The number of piperazine rings is 1. The third kappa shape index (κ3) is 5.28. The smallest absolute Gasteiger partial charge is 0.0406 e. The van der Waals surface area contributed by atoms with E-state index in [9.17, 15) is 0 Å². The lowest BCUT2D eigenvalue weighted by Crippen LogP contribution is -2.46. The first-order chi connectivity index (χ1) is 9.67. The minimum atomic E-state index is 0.780. The van der Waals surface area contributed by atoms with Crippen molar-refractivity contribution < 1.29 is 0 Å². The molecular formula is C16H25ClN2S. The maximum Gasteiger partial charge on any atom is 0.0406 e. The average Bonchev–Trinajstić information content (AvgIpc) is 2.48. The topological polar surface area (TPSA) is 6.48 Å². The Balaban J connectivity index is 1.70. The fourth-order valence-electron chi connectivity index (χ4n) is 2.50. The molecule has 1 atom stereocenters. The Hall–Kier alpha value is -0.220. The molecule has 0 aromatic heterocycles. The van der Waals surface area contributed by atoms with Gasteiger partial charge in [0, 0.05) is 43.0 Å². The van der Waals surface area contributed by atoms with E-state index < -0.39 is 0 Å². The van der Waals surface area contributed by atoms with Crippen molar-refractivity contribution >= 4 is 23.4 Å². The van der Waals surface area contributed by atoms with Crippen LogP contribution in [0.3, 0.4) is 0 Å². The first-order valence-corrected chi connectivity index (χ1v) is 9.06. The van der Waals surface area contributed by atoms with Gasteiger partial charge in [-0.2, -0.15) is 11.8 Å². The molecule has 1 saturated heterocycles. The average molecular weight is 313 g/mol. The molecule has 0 N–H and O–H groups in total. The van der Waals surface area contributed by atoms with E-state index in [1.54, 1.807) is 0 Å². The van der Waals surface area contributed by atoms with E-state index in [0.29, 0.717) is 0 Å². The summed E-state index contributed by atoms with van der Waals surface area (Å²) in [6, 6.07) is 8.23. The van der Waals surface area contributed by atoms with Gasteiger partial charge in [-0.15, -0.1) is 0 Å². The van der Waals surface area contributed by atoms with Crippen LogP contribution in [0.25, 0.3) is 0 Å². The predicted molar refractivity (Wildman–Crippen MR) is 90.8 cm³/mol. The standard InChI is InChI=1S/C16H25ClN2S/c1-14(20-2)7-8-18-9-11-19(12-10-18)13-15-3-5-16(17)6-4-15/h3-6,14H,7-13H2,1-2H3/t14-/m1/s1. The lowest BCUT2D eigenvalue weighted by atomic mass is 10.2. The minimum absolute atomic E-state index is 0.780. The Bertz CT molecular complexity index is 388. The number of rotatable bonds is 6. The van der Waals surface area contributed by atoms with Gasteiger partial charge in [0.05, 0.1) is 0 Å². The van der Waals surface area contributed by atoms with Gasteiger partial charge in [-0.05, 0) is 36.9 Å². The quantitative estimate of drug-likeness (QED) is 0.792. The van der Waals surface area contributed by atoms with Crippen molar-refractivity contribution in [3.63, 3.8) is 0 Å². The van der Waals surface area contributed by atoms with Crippen LogP contribution in [0.4, 0.5) is 0 Å². The molecule has 1 aromatic rings. The van der Waals surface area contributed by atoms with Crippen LogP contribution in [0.2, 0.25) is 5.02 Å². The highest BCUT2D eigenvalue weighted by molar-refractivity contribution is 7.99. The van der Waals surface area contributed by atoms with Crippen LogP contribution >= 0.6 is 23.4 Å². The molecule has 1 fully saturated rings. The number of thioether (sulfide) groups is 1. The van der Waals surface area contributed by atoms with E-state index in [4.69, 9.17) is 11.6 Å². The number of nitrogens with zero attached hydrogens (tertiary/aromatic N) is 2. The van der Waals surface area contributed by atoms with E-state index in [-0.39, 0.29) is 0 Å². The van der Waals surface area contributed by atoms with Gasteiger partial charge < -0.3 is 4.90 Å². The fourth-order valence-corrected chi connectivity index (χ4v) is 2.97. The lowest BCUT2D eigenvalue weighted by Gasteiger charge is -2.35. The zero-order chi connectivity index (χ0) is 14.4. The summed E-state index contributed by atoms with van der Waals surface area (Å²) in [5.41, 5.74) is 1.36. The zero-order valence-electron chi connectivity index (χ0n) is 12.5. The highest BCUT2D eigenvalue weighted by Crippen LogP contribution is 2.14. The first kappa shape index (κ1) is 16.2. The highest BCUT2D eigenvalue weighted by Gasteiger charge is 2.17. The molecule has 4 heteroatoms. The van der Waals surface area contributed by atoms with Crippen LogP contribution < -0.4 is 0 Å². The van der Waals surface area contributed by atoms with Gasteiger partial charge in [0.15, 0.2) is 0 Å². The van der Waals surface area contributed by atoms with Gasteiger partial charge in [-0.1, -0.05) is 30.7 Å². The Kier molecular flexibility index (Phi) is 6.69. The summed E-state index contributed by atoms with van der Waals surface area (Å²) < 4.78 is 0. The Morgan fingerprint density at radius 1 is 1.10 bits per heavy atom. The molecule has 1 heterocycles. The van der Waals surface area contributed by atoms with E-state index in [1.807, 2.05) is 23.9 Å². The Morgan fingerprint density at radius 3 is 2.30 bits per heavy atom. The van der Waals surface area contributed by atoms with Crippen LogP contribution in [0.5, 0.6) is 0 Å². The normalized spacial score (nSPS) is 19.1. The Labute approximate surface area is 132 Å². The molecule has 20 heavy (non-hydrogen) atoms. The van der Waals surface area contributed by atoms with E-state index >= 15 is 0 Å². The summed E-state index contributed by atoms with van der Waals surface area (Å²) in [4.78, 5) is 5.14. The minimum Gasteiger partial charge on any atom is -0.301 e.